The van der Waals surface area contributed by atoms with E-state index < -0.39 is 0 Å². The Hall–Kier alpha value is -2.43. The van der Waals surface area contributed by atoms with E-state index in [9.17, 15) is 4.79 Å². The van der Waals surface area contributed by atoms with Crippen LogP contribution in [0.2, 0.25) is 0 Å². The van der Waals surface area contributed by atoms with Crippen LogP contribution in [0.5, 0.6) is 0 Å². The van der Waals surface area contributed by atoms with Gasteiger partial charge in [0, 0.05) is 25.7 Å². The molecule has 1 heterocycles. The van der Waals surface area contributed by atoms with E-state index in [2.05, 4.69) is 29.1 Å². The van der Waals surface area contributed by atoms with Crippen LogP contribution in [0.4, 0.5) is 5.82 Å². The number of carbonyl (C=O) groups excluding carboxylic acids is 1. The minimum absolute atomic E-state index is 0.0288. The zero-order valence-electron chi connectivity index (χ0n) is 13.8. The molecule has 2 aromatic rings. The van der Waals surface area contributed by atoms with E-state index in [1.807, 2.05) is 35.2 Å². The summed E-state index contributed by atoms with van der Waals surface area (Å²) in [6, 6.07) is 11.8. The molecule has 5 heteroatoms. The number of hydrogen-bond acceptors (Lipinski definition) is 4. The fourth-order valence-corrected chi connectivity index (χ4v) is 2.38. The fraction of sp³-hybridized carbons (Fsp3) is 0.389. The fourth-order valence-electron chi connectivity index (χ4n) is 2.38. The summed E-state index contributed by atoms with van der Waals surface area (Å²) in [6.45, 7) is 6.32. The maximum absolute atomic E-state index is 12.6. The van der Waals surface area contributed by atoms with Crippen LogP contribution in [0.3, 0.4) is 0 Å². The number of nitrogens with one attached hydrogen (secondary N) is 1. The van der Waals surface area contributed by atoms with Crippen LogP contribution in [-0.2, 0) is 6.54 Å². The third-order valence-electron chi connectivity index (χ3n) is 3.48. The Balaban J connectivity index is 2.04. The van der Waals surface area contributed by atoms with Gasteiger partial charge in [-0.3, -0.25) is 4.79 Å². The summed E-state index contributed by atoms with van der Waals surface area (Å²) < 4.78 is 0. The van der Waals surface area contributed by atoms with E-state index in [1.165, 1.54) is 6.33 Å². The summed E-state index contributed by atoms with van der Waals surface area (Å²) in [5.41, 5.74) is 1.61. The molecule has 1 amide bonds. The third kappa shape index (κ3) is 5.06. The number of aromatic nitrogens is 2. The Labute approximate surface area is 137 Å². The largest absolute Gasteiger partial charge is 0.366 e. The van der Waals surface area contributed by atoms with Crippen LogP contribution >= 0.6 is 0 Å². The average Bonchev–Trinajstić information content (AvgIpc) is 2.60. The van der Waals surface area contributed by atoms with Gasteiger partial charge in [0.15, 0.2) is 0 Å². The van der Waals surface area contributed by atoms with Gasteiger partial charge >= 0.3 is 0 Å². The van der Waals surface area contributed by atoms with Crippen molar-refractivity contribution in [3.8, 4) is 0 Å². The smallest absolute Gasteiger partial charge is 0.272 e. The molecule has 1 aromatic carbocycles. The highest BCUT2D eigenvalue weighted by Gasteiger charge is 2.16. The van der Waals surface area contributed by atoms with Crippen molar-refractivity contribution in [2.75, 3.05) is 18.4 Å². The highest BCUT2D eigenvalue weighted by molar-refractivity contribution is 5.92. The summed E-state index contributed by atoms with van der Waals surface area (Å²) in [7, 11) is 0. The maximum atomic E-state index is 12.6. The molecule has 0 unspecified atom stereocenters. The number of amides is 1. The first-order chi connectivity index (χ1) is 11.2. The van der Waals surface area contributed by atoms with E-state index >= 15 is 0 Å². The maximum Gasteiger partial charge on any atom is 0.272 e. The van der Waals surface area contributed by atoms with Crippen LogP contribution < -0.4 is 5.32 Å². The zero-order chi connectivity index (χ0) is 16.5. The lowest BCUT2D eigenvalue weighted by molar-refractivity contribution is 0.0749. The number of nitrogens with zero attached hydrogens (tertiary/aromatic N) is 3. The Kier molecular flexibility index (Phi) is 6.54. The predicted octanol–water partition coefficient (Wildman–Crippen LogP) is 3.35. The van der Waals surface area contributed by atoms with Gasteiger partial charge in [0.2, 0.25) is 0 Å². The van der Waals surface area contributed by atoms with Crippen LogP contribution in [0.15, 0.2) is 42.7 Å². The Morgan fingerprint density at radius 1 is 1.09 bits per heavy atom. The molecular weight excluding hydrogens is 288 g/mol. The standard InChI is InChI=1S/C18H24N4O/c1-3-10-22(11-4-2)18(23)16-12-17(21-14-20-16)19-13-15-8-6-5-7-9-15/h5-9,12,14H,3-4,10-11,13H2,1-2H3,(H,19,20,21). The molecule has 23 heavy (non-hydrogen) atoms. The molecule has 0 aliphatic rings. The van der Waals surface area contributed by atoms with Crippen molar-refractivity contribution >= 4 is 11.7 Å². The second-order valence-corrected chi connectivity index (χ2v) is 5.42. The van der Waals surface area contributed by atoms with Crippen LogP contribution in [-0.4, -0.2) is 33.9 Å². The summed E-state index contributed by atoms with van der Waals surface area (Å²) in [4.78, 5) is 22.7. The predicted molar refractivity (Wildman–Crippen MR) is 92.3 cm³/mol. The minimum atomic E-state index is -0.0288. The first-order valence-electron chi connectivity index (χ1n) is 8.13. The van der Waals surface area contributed by atoms with Crippen molar-refractivity contribution in [3.63, 3.8) is 0 Å². The van der Waals surface area contributed by atoms with Crippen LogP contribution in [0.25, 0.3) is 0 Å². The van der Waals surface area contributed by atoms with E-state index in [-0.39, 0.29) is 5.91 Å². The number of hydrogen-bond donors (Lipinski definition) is 1. The normalized spacial score (nSPS) is 10.3. The quantitative estimate of drug-likeness (QED) is 0.812. The molecule has 1 aromatic heterocycles. The molecular formula is C18H24N4O. The molecule has 5 nitrogen and oxygen atoms in total. The third-order valence-corrected chi connectivity index (χ3v) is 3.48. The van der Waals surface area contributed by atoms with Gasteiger partial charge in [-0.05, 0) is 18.4 Å². The van der Waals surface area contributed by atoms with E-state index in [4.69, 9.17) is 0 Å². The van der Waals surface area contributed by atoms with Gasteiger partial charge in [0.25, 0.3) is 5.91 Å². The van der Waals surface area contributed by atoms with Gasteiger partial charge in [-0.15, -0.1) is 0 Å². The molecule has 0 aliphatic heterocycles. The second-order valence-electron chi connectivity index (χ2n) is 5.42. The molecule has 0 radical (unpaired) electrons. The Bertz CT molecular complexity index is 609. The summed E-state index contributed by atoms with van der Waals surface area (Å²) in [5, 5.41) is 3.24. The summed E-state index contributed by atoms with van der Waals surface area (Å²) in [6.07, 6.45) is 3.32. The highest BCUT2D eigenvalue weighted by atomic mass is 16.2. The number of carbonyl (C=O) groups is 1. The molecule has 0 atom stereocenters. The molecule has 1 N–H and O–H groups in total. The number of benzene rings is 1. The number of rotatable bonds is 8. The first-order valence-corrected chi connectivity index (χ1v) is 8.13. The molecule has 0 aliphatic carbocycles. The Morgan fingerprint density at radius 2 is 1.78 bits per heavy atom. The van der Waals surface area contributed by atoms with Crippen LogP contribution in [0.1, 0.15) is 42.7 Å². The van der Waals surface area contributed by atoms with Crippen molar-refractivity contribution in [3.05, 3.63) is 54.0 Å². The zero-order valence-corrected chi connectivity index (χ0v) is 13.8. The lowest BCUT2D eigenvalue weighted by Crippen LogP contribution is -2.33. The van der Waals surface area contributed by atoms with Gasteiger partial charge in [-0.2, -0.15) is 0 Å². The van der Waals surface area contributed by atoms with Crippen molar-refractivity contribution in [1.82, 2.24) is 14.9 Å². The minimum Gasteiger partial charge on any atom is -0.366 e. The first kappa shape index (κ1) is 16.9. The summed E-state index contributed by atoms with van der Waals surface area (Å²) in [5.74, 6) is 0.638. The van der Waals surface area contributed by atoms with Crippen molar-refractivity contribution in [2.24, 2.45) is 0 Å². The van der Waals surface area contributed by atoms with Crippen molar-refractivity contribution in [2.45, 2.75) is 33.2 Å². The van der Waals surface area contributed by atoms with Crippen molar-refractivity contribution in [1.29, 1.82) is 0 Å². The molecule has 0 spiro atoms. The molecule has 0 saturated heterocycles. The summed E-state index contributed by atoms with van der Waals surface area (Å²) >= 11 is 0. The number of anilines is 1. The van der Waals surface area contributed by atoms with Gasteiger partial charge in [0.1, 0.15) is 17.8 Å². The molecule has 2 rings (SSSR count). The highest BCUT2D eigenvalue weighted by Crippen LogP contribution is 2.10. The molecule has 0 fully saturated rings. The van der Waals surface area contributed by atoms with E-state index in [0.29, 0.717) is 18.1 Å². The van der Waals surface area contributed by atoms with E-state index in [1.54, 1.807) is 6.07 Å². The monoisotopic (exact) mass is 312 g/mol. The molecule has 0 saturated carbocycles. The van der Waals surface area contributed by atoms with E-state index in [0.717, 1.165) is 31.5 Å². The lowest BCUT2D eigenvalue weighted by Gasteiger charge is -2.21. The molecule has 0 bridgehead atoms. The van der Waals surface area contributed by atoms with Gasteiger partial charge in [-0.1, -0.05) is 44.2 Å². The van der Waals surface area contributed by atoms with Crippen LogP contribution in [0, 0.1) is 0 Å². The SMILES string of the molecule is CCCN(CCC)C(=O)c1cc(NCc2ccccc2)ncn1. The Morgan fingerprint density at radius 3 is 2.43 bits per heavy atom. The average molecular weight is 312 g/mol. The van der Waals surface area contributed by atoms with Gasteiger partial charge in [0.05, 0.1) is 0 Å². The molecule has 122 valence electrons. The van der Waals surface area contributed by atoms with Gasteiger partial charge < -0.3 is 10.2 Å². The van der Waals surface area contributed by atoms with Gasteiger partial charge in [-0.25, -0.2) is 9.97 Å². The second kappa shape index (κ2) is 8.88. The van der Waals surface area contributed by atoms with Crippen molar-refractivity contribution < 1.29 is 4.79 Å². The lowest BCUT2D eigenvalue weighted by atomic mass is 10.2. The topological polar surface area (TPSA) is 58.1 Å².